The van der Waals surface area contributed by atoms with Gasteiger partial charge in [0.2, 0.25) is 0 Å². The molecule has 0 aliphatic rings. The molecule has 0 fully saturated rings. The van der Waals surface area contributed by atoms with E-state index in [2.05, 4.69) is 10.1 Å². The Balaban J connectivity index is 2.11. The number of nitriles is 1. The molecule has 2 heterocycles. The van der Waals surface area contributed by atoms with Crippen molar-refractivity contribution in [1.29, 1.82) is 5.26 Å². The Labute approximate surface area is 134 Å². The first-order chi connectivity index (χ1) is 11.4. The highest BCUT2D eigenvalue weighted by Crippen LogP contribution is 2.33. The van der Waals surface area contributed by atoms with Crippen molar-refractivity contribution < 1.29 is 13.2 Å². The zero-order valence-corrected chi connectivity index (χ0v) is 12.1. The summed E-state index contributed by atoms with van der Waals surface area (Å²) in [4.78, 5) is 3.89. The zero-order chi connectivity index (χ0) is 17.3. The molecule has 24 heavy (non-hydrogen) atoms. The van der Waals surface area contributed by atoms with E-state index in [1.165, 1.54) is 16.8 Å². The van der Waals surface area contributed by atoms with Crippen molar-refractivity contribution >= 4 is 5.82 Å². The number of rotatable bonds is 2. The van der Waals surface area contributed by atoms with Gasteiger partial charge in [-0.1, -0.05) is 12.1 Å². The van der Waals surface area contributed by atoms with E-state index < -0.39 is 11.7 Å². The first kappa shape index (κ1) is 15.6. The molecule has 0 amide bonds. The highest BCUT2D eigenvalue weighted by Gasteiger charge is 2.30. The average Bonchev–Trinajstić information content (AvgIpc) is 2.91. The van der Waals surface area contributed by atoms with E-state index in [4.69, 9.17) is 5.73 Å². The minimum atomic E-state index is -4.42. The molecule has 0 radical (unpaired) electrons. The third-order valence-corrected chi connectivity index (χ3v) is 3.43. The number of aromatic nitrogens is 3. The Kier molecular flexibility index (Phi) is 3.69. The molecular weight excluding hydrogens is 319 g/mol. The normalized spacial score (nSPS) is 11.2. The van der Waals surface area contributed by atoms with Crippen molar-refractivity contribution in [3.8, 4) is 23.0 Å². The van der Waals surface area contributed by atoms with Crippen molar-refractivity contribution in [2.45, 2.75) is 6.18 Å². The number of hydrogen-bond acceptors (Lipinski definition) is 4. The van der Waals surface area contributed by atoms with Crippen LogP contribution >= 0.6 is 0 Å². The van der Waals surface area contributed by atoms with Crippen molar-refractivity contribution in [3.63, 3.8) is 0 Å². The van der Waals surface area contributed by atoms with Crippen LogP contribution in [-0.4, -0.2) is 14.8 Å². The first-order valence-corrected chi connectivity index (χ1v) is 6.78. The second-order valence-corrected chi connectivity index (χ2v) is 4.91. The molecule has 0 aliphatic heterocycles. The van der Waals surface area contributed by atoms with Crippen LogP contribution in [0.2, 0.25) is 0 Å². The summed E-state index contributed by atoms with van der Waals surface area (Å²) in [6, 6.07) is 9.68. The smallest absolute Gasteiger partial charge is 0.382 e. The summed E-state index contributed by atoms with van der Waals surface area (Å²) < 4.78 is 39.3. The molecule has 0 atom stereocenters. The minimum Gasteiger partial charge on any atom is -0.382 e. The number of nitrogens with two attached hydrogens (primary N) is 1. The monoisotopic (exact) mass is 329 g/mol. The van der Waals surface area contributed by atoms with E-state index in [1.54, 1.807) is 24.5 Å². The maximum absolute atomic E-state index is 12.7. The Morgan fingerprint density at radius 2 is 1.67 bits per heavy atom. The van der Waals surface area contributed by atoms with Gasteiger partial charge in [-0.05, 0) is 24.3 Å². The second-order valence-electron chi connectivity index (χ2n) is 4.91. The van der Waals surface area contributed by atoms with Crippen LogP contribution < -0.4 is 5.73 Å². The lowest BCUT2D eigenvalue weighted by atomic mass is 10.1. The average molecular weight is 329 g/mol. The Morgan fingerprint density at radius 3 is 2.21 bits per heavy atom. The van der Waals surface area contributed by atoms with E-state index in [0.29, 0.717) is 11.3 Å². The lowest BCUT2D eigenvalue weighted by Crippen LogP contribution is -2.04. The molecule has 2 aromatic heterocycles. The molecule has 0 aliphatic carbocycles. The third-order valence-electron chi connectivity index (χ3n) is 3.43. The largest absolute Gasteiger partial charge is 0.416 e. The van der Waals surface area contributed by atoms with Crippen molar-refractivity contribution in [3.05, 3.63) is 59.9 Å². The molecule has 3 rings (SSSR count). The van der Waals surface area contributed by atoms with Gasteiger partial charge in [-0.25, -0.2) is 4.68 Å². The van der Waals surface area contributed by atoms with Gasteiger partial charge in [0.1, 0.15) is 23.1 Å². The number of anilines is 1. The molecule has 0 bridgehead atoms. The number of benzene rings is 1. The van der Waals surface area contributed by atoms with E-state index in [0.717, 1.165) is 12.1 Å². The molecule has 5 nitrogen and oxygen atoms in total. The van der Waals surface area contributed by atoms with Crippen LogP contribution in [0.1, 0.15) is 11.1 Å². The Bertz CT molecular complexity index is 906. The standard InChI is InChI=1S/C16H10F3N5/c17-16(18,19)11-3-1-10(2-4-11)14-13(9-20)15(21)24(23-14)12-5-7-22-8-6-12/h1-8H,21H2. The molecule has 8 heteroatoms. The summed E-state index contributed by atoms with van der Waals surface area (Å²) in [6.07, 6.45) is -1.34. The molecule has 0 saturated carbocycles. The minimum absolute atomic E-state index is 0.103. The van der Waals surface area contributed by atoms with Crippen LogP contribution in [-0.2, 0) is 6.18 Å². The summed E-state index contributed by atoms with van der Waals surface area (Å²) >= 11 is 0. The summed E-state index contributed by atoms with van der Waals surface area (Å²) in [7, 11) is 0. The Morgan fingerprint density at radius 1 is 1.04 bits per heavy atom. The van der Waals surface area contributed by atoms with Crippen molar-refractivity contribution in [2.75, 3.05) is 5.73 Å². The van der Waals surface area contributed by atoms with Crippen LogP contribution in [0.25, 0.3) is 16.9 Å². The predicted octanol–water partition coefficient (Wildman–Crippen LogP) is 3.41. The predicted molar refractivity (Wildman–Crippen MR) is 80.9 cm³/mol. The first-order valence-electron chi connectivity index (χ1n) is 6.78. The summed E-state index contributed by atoms with van der Waals surface area (Å²) in [5.74, 6) is 0.110. The number of halogens is 3. The van der Waals surface area contributed by atoms with Crippen LogP contribution in [0.5, 0.6) is 0 Å². The maximum Gasteiger partial charge on any atom is 0.416 e. The topological polar surface area (TPSA) is 80.5 Å². The third kappa shape index (κ3) is 2.67. The van der Waals surface area contributed by atoms with Crippen LogP contribution in [0, 0.1) is 11.3 Å². The van der Waals surface area contributed by atoms with E-state index in [1.807, 2.05) is 6.07 Å². The van der Waals surface area contributed by atoms with Crippen molar-refractivity contribution in [2.24, 2.45) is 0 Å². The lowest BCUT2D eigenvalue weighted by molar-refractivity contribution is -0.137. The fraction of sp³-hybridized carbons (Fsp3) is 0.0625. The number of nitrogen functional groups attached to an aromatic ring is 1. The summed E-state index contributed by atoms with van der Waals surface area (Å²) in [5, 5.41) is 13.6. The number of nitrogens with zero attached hydrogens (tertiary/aromatic N) is 4. The lowest BCUT2D eigenvalue weighted by Gasteiger charge is -2.06. The van der Waals surface area contributed by atoms with Gasteiger partial charge in [-0.15, -0.1) is 0 Å². The molecular formula is C16H10F3N5. The van der Waals surface area contributed by atoms with E-state index in [9.17, 15) is 18.4 Å². The van der Waals surface area contributed by atoms with E-state index >= 15 is 0 Å². The van der Waals surface area contributed by atoms with Gasteiger partial charge in [0.05, 0.1) is 11.3 Å². The van der Waals surface area contributed by atoms with Gasteiger partial charge < -0.3 is 5.73 Å². The van der Waals surface area contributed by atoms with Gasteiger partial charge in [0, 0.05) is 18.0 Å². The summed E-state index contributed by atoms with van der Waals surface area (Å²) in [6.45, 7) is 0. The van der Waals surface area contributed by atoms with Gasteiger partial charge in [0.15, 0.2) is 0 Å². The molecule has 0 unspecified atom stereocenters. The fourth-order valence-electron chi connectivity index (χ4n) is 2.24. The fourth-order valence-corrected chi connectivity index (χ4v) is 2.24. The zero-order valence-electron chi connectivity index (χ0n) is 12.1. The van der Waals surface area contributed by atoms with Crippen LogP contribution in [0.15, 0.2) is 48.8 Å². The van der Waals surface area contributed by atoms with Gasteiger partial charge in [-0.2, -0.15) is 23.5 Å². The molecule has 0 spiro atoms. The number of alkyl halides is 3. The van der Waals surface area contributed by atoms with Gasteiger partial charge in [-0.3, -0.25) is 4.98 Å². The van der Waals surface area contributed by atoms with Gasteiger partial charge >= 0.3 is 6.18 Å². The molecule has 3 aromatic rings. The molecule has 120 valence electrons. The number of hydrogen-bond donors (Lipinski definition) is 1. The van der Waals surface area contributed by atoms with Gasteiger partial charge in [0.25, 0.3) is 0 Å². The van der Waals surface area contributed by atoms with Crippen LogP contribution in [0.4, 0.5) is 19.0 Å². The molecule has 2 N–H and O–H groups in total. The molecule has 1 aromatic carbocycles. The second kappa shape index (κ2) is 5.70. The molecule has 0 saturated heterocycles. The SMILES string of the molecule is N#Cc1c(-c2ccc(C(F)(F)F)cc2)nn(-c2ccncc2)c1N. The number of pyridine rings is 1. The Hall–Kier alpha value is -3.34. The highest BCUT2D eigenvalue weighted by atomic mass is 19.4. The highest BCUT2D eigenvalue weighted by molar-refractivity contribution is 5.73. The summed E-state index contributed by atoms with van der Waals surface area (Å²) in [5.41, 5.74) is 6.48. The van der Waals surface area contributed by atoms with Crippen LogP contribution in [0.3, 0.4) is 0 Å². The maximum atomic E-state index is 12.7. The quantitative estimate of drug-likeness (QED) is 0.781. The van der Waals surface area contributed by atoms with Crippen molar-refractivity contribution in [1.82, 2.24) is 14.8 Å². The van der Waals surface area contributed by atoms with E-state index in [-0.39, 0.29) is 17.1 Å².